The minimum atomic E-state index is -0.386. The summed E-state index contributed by atoms with van der Waals surface area (Å²) in [5, 5.41) is 20.1. The number of azo groups is 1. The monoisotopic (exact) mass is 562 g/mol. The molecule has 0 aliphatic carbocycles. The fourth-order valence-corrected chi connectivity index (χ4v) is 5.34. The van der Waals surface area contributed by atoms with Crippen LogP contribution in [0.3, 0.4) is 0 Å². The van der Waals surface area contributed by atoms with E-state index in [0.717, 1.165) is 28.2 Å². The quantitative estimate of drug-likeness (QED) is 0.158. The van der Waals surface area contributed by atoms with Crippen molar-refractivity contribution in [2.45, 2.75) is 5.50 Å². The lowest BCUT2D eigenvalue weighted by molar-refractivity contribution is 0.0923. The summed E-state index contributed by atoms with van der Waals surface area (Å²) in [6.45, 7) is 1.59. The van der Waals surface area contributed by atoms with Crippen LogP contribution < -0.4 is 21.9 Å². The Morgan fingerprint density at radius 2 is 1.82 bits per heavy atom. The molecule has 1 unspecified atom stereocenters. The summed E-state index contributed by atoms with van der Waals surface area (Å²) >= 11 is 2.56. The summed E-state index contributed by atoms with van der Waals surface area (Å²) in [7, 11) is 0. The number of nitrogens with two attached hydrogens (primary N) is 1. The van der Waals surface area contributed by atoms with Crippen molar-refractivity contribution in [3.63, 3.8) is 0 Å². The number of H-pyrrole nitrogens is 1. The second-order valence-corrected chi connectivity index (χ2v) is 10.2. The van der Waals surface area contributed by atoms with Gasteiger partial charge in [0.05, 0.1) is 30.8 Å². The van der Waals surface area contributed by atoms with Crippen LogP contribution in [0, 0.1) is 0 Å². The van der Waals surface area contributed by atoms with Crippen LogP contribution in [0.5, 0.6) is 0 Å². The van der Waals surface area contributed by atoms with E-state index in [1.54, 1.807) is 0 Å². The molecule has 39 heavy (non-hydrogen) atoms. The predicted molar refractivity (Wildman–Crippen MR) is 153 cm³/mol. The molecule has 1 amide bonds. The van der Waals surface area contributed by atoms with Gasteiger partial charge in [-0.05, 0) is 11.0 Å². The first-order chi connectivity index (χ1) is 19.1. The average Bonchev–Trinajstić information content (AvgIpc) is 3.72. The van der Waals surface area contributed by atoms with Crippen LogP contribution in [0.15, 0.2) is 87.3 Å². The first kappa shape index (κ1) is 26.6. The van der Waals surface area contributed by atoms with Crippen LogP contribution >= 0.6 is 23.1 Å². The standard InChI is InChI=1S/C26H26N8O3S2/c27-11-13-37-14-12-28-23(35)20-15-29-25(39-20)32-31-22-21(18-9-5-2-6-10-18)33-34(24(22)36)26-30-19(16-38-26)17-7-3-1-4-8-17/h1-10,15-16,26,30,33H,11-14,27H2,(H,28,35). The summed E-state index contributed by atoms with van der Waals surface area (Å²) in [5.41, 5.74) is 8.09. The number of hydrogen-bond donors (Lipinski definition) is 4. The molecule has 2 aromatic carbocycles. The molecule has 4 aromatic rings. The molecule has 2 aromatic heterocycles. The van der Waals surface area contributed by atoms with Gasteiger partial charge in [-0.2, -0.15) is 0 Å². The Balaban J connectivity index is 1.35. The number of hydrogen-bond acceptors (Lipinski definition) is 10. The third kappa shape index (κ3) is 6.34. The highest BCUT2D eigenvalue weighted by atomic mass is 32.2. The van der Waals surface area contributed by atoms with Crippen molar-refractivity contribution >= 4 is 45.5 Å². The van der Waals surface area contributed by atoms with Crippen molar-refractivity contribution in [1.82, 2.24) is 25.4 Å². The average molecular weight is 563 g/mol. The molecule has 1 aliphatic heterocycles. The SMILES string of the molecule is NCCOCCNC(=O)c1cnc(N=Nc2c(-c3ccccc3)[nH]n(C3NC(c4ccccc4)=CS3)c2=O)s1. The molecule has 200 valence electrons. The van der Waals surface area contributed by atoms with Crippen LogP contribution in [0.4, 0.5) is 10.8 Å². The maximum absolute atomic E-state index is 13.5. The van der Waals surface area contributed by atoms with Gasteiger partial charge in [-0.3, -0.25) is 14.7 Å². The van der Waals surface area contributed by atoms with Gasteiger partial charge in [0, 0.05) is 18.7 Å². The highest BCUT2D eigenvalue weighted by Crippen LogP contribution is 2.35. The number of amides is 1. The molecule has 0 spiro atoms. The zero-order valence-corrected chi connectivity index (χ0v) is 22.4. The van der Waals surface area contributed by atoms with Crippen molar-refractivity contribution in [3.05, 3.63) is 93.1 Å². The second-order valence-electron chi connectivity index (χ2n) is 8.27. The largest absolute Gasteiger partial charge is 0.378 e. The van der Waals surface area contributed by atoms with Gasteiger partial charge >= 0.3 is 0 Å². The molecule has 3 heterocycles. The lowest BCUT2D eigenvalue weighted by atomic mass is 10.1. The lowest BCUT2D eigenvalue weighted by Gasteiger charge is -2.13. The Labute approximate surface area is 232 Å². The van der Waals surface area contributed by atoms with Crippen LogP contribution in [0.25, 0.3) is 17.0 Å². The molecule has 0 radical (unpaired) electrons. The normalized spacial score (nSPS) is 14.9. The minimum Gasteiger partial charge on any atom is -0.378 e. The van der Waals surface area contributed by atoms with Gasteiger partial charge in [0.25, 0.3) is 11.5 Å². The summed E-state index contributed by atoms with van der Waals surface area (Å²) in [6, 6.07) is 19.4. The molecule has 13 heteroatoms. The van der Waals surface area contributed by atoms with Gasteiger partial charge in [0.2, 0.25) is 5.13 Å². The van der Waals surface area contributed by atoms with Gasteiger partial charge < -0.3 is 21.1 Å². The van der Waals surface area contributed by atoms with E-state index in [-0.39, 0.29) is 27.8 Å². The molecule has 5 rings (SSSR count). The fourth-order valence-electron chi connectivity index (χ4n) is 3.76. The maximum atomic E-state index is 13.5. The first-order valence-electron chi connectivity index (χ1n) is 12.1. The zero-order chi connectivity index (χ0) is 27.0. The number of thiazole rings is 1. The third-order valence-electron chi connectivity index (χ3n) is 5.61. The number of carbonyl (C=O) groups excluding carboxylic acids is 1. The molecule has 11 nitrogen and oxygen atoms in total. The number of ether oxygens (including phenoxy) is 1. The number of nitrogens with zero attached hydrogens (tertiary/aromatic N) is 4. The summed E-state index contributed by atoms with van der Waals surface area (Å²) in [4.78, 5) is 30.4. The molecule has 0 fully saturated rings. The fraction of sp³-hybridized carbons (Fsp3) is 0.192. The molecule has 0 bridgehead atoms. The van der Waals surface area contributed by atoms with E-state index in [1.165, 1.54) is 22.6 Å². The van der Waals surface area contributed by atoms with Crippen molar-refractivity contribution in [2.75, 3.05) is 26.3 Å². The van der Waals surface area contributed by atoms with Crippen LogP contribution in [0.1, 0.15) is 20.7 Å². The predicted octanol–water partition coefficient (Wildman–Crippen LogP) is 4.21. The van der Waals surface area contributed by atoms with Gasteiger partial charge in [-0.1, -0.05) is 83.8 Å². The Bertz CT molecular complexity index is 1530. The van der Waals surface area contributed by atoms with Gasteiger partial charge in [-0.25, -0.2) is 9.67 Å². The van der Waals surface area contributed by atoms with Crippen molar-refractivity contribution < 1.29 is 9.53 Å². The molecular formula is C26H26N8O3S2. The highest BCUT2D eigenvalue weighted by Gasteiger charge is 2.25. The number of thioether (sulfide) groups is 1. The van der Waals surface area contributed by atoms with E-state index >= 15 is 0 Å². The van der Waals surface area contributed by atoms with Crippen molar-refractivity contribution in [2.24, 2.45) is 16.0 Å². The van der Waals surface area contributed by atoms with Gasteiger partial charge in [-0.15, -0.1) is 10.2 Å². The van der Waals surface area contributed by atoms with Crippen LogP contribution in [-0.4, -0.2) is 47.0 Å². The molecule has 0 saturated heterocycles. The van der Waals surface area contributed by atoms with Crippen LogP contribution in [0.2, 0.25) is 0 Å². The molecular weight excluding hydrogens is 536 g/mol. The van der Waals surface area contributed by atoms with Crippen molar-refractivity contribution in [3.8, 4) is 11.3 Å². The zero-order valence-electron chi connectivity index (χ0n) is 20.7. The Morgan fingerprint density at radius 1 is 1.08 bits per heavy atom. The molecule has 1 atom stereocenters. The van der Waals surface area contributed by atoms with E-state index in [1.807, 2.05) is 66.1 Å². The summed E-state index contributed by atoms with van der Waals surface area (Å²) < 4.78 is 6.76. The number of aromatic nitrogens is 3. The van der Waals surface area contributed by atoms with E-state index in [9.17, 15) is 9.59 Å². The number of nitrogens with one attached hydrogen (secondary N) is 3. The molecule has 0 saturated carbocycles. The third-order valence-corrected chi connectivity index (χ3v) is 7.45. The van der Waals surface area contributed by atoms with E-state index in [4.69, 9.17) is 10.5 Å². The van der Waals surface area contributed by atoms with Crippen LogP contribution in [-0.2, 0) is 4.74 Å². The van der Waals surface area contributed by atoms with Gasteiger partial charge in [0.1, 0.15) is 4.88 Å². The number of benzene rings is 2. The summed E-state index contributed by atoms with van der Waals surface area (Å²) in [5.74, 6) is -0.287. The second kappa shape index (κ2) is 12.7. The Kier molecular flexibility index (Phi) is 8.63. The van der Waals surface area contributed by atoms with Gasteiger partial charge in [0.15, 0.2) is 11.2 Å². The summed E-state index contributed by atoms with van der Waals surface area (Å²) in [6.07, 6.45) is 1.43. The lowest BCUT2D eigenvalue weighted by Crippen LogP contribution is -2.27. The van der Waals surface area contributed by atoms with E-state index in [0.29, 0.717) is 36.9 Å². The maximum Gasteiger partial charge on any atom is 0.297 e. The first-order valence-corrected chi connectivity index (χ1v) is 13.9. The smallest absolute Gasteiger partial charge is 0.297 e. The van der Waals surface area contributed by atoms with E-state index in [2.05, 4.69) is 30.9 Å². The van der Waals surface area contributed by atoms with E-state index < -0.39 is 0 Å². The number of rotatable bonds is 11. The highest BCUT2D eigenvalue weighted by molar-refractivity contribution is 8.02. The minimum absolute atomic E-state index is 0.148. The molecule has 1 aliphatic rings. The number of carbonyl (C=O) groups is 1. The number of aromatic amines is 1. The van der Waals surface area contributed by atoms with Crippen molar-refractivity contribution in [1.29, 1.82) is 0 Å². The molecule has 5 N–H and O–H groups in total. The Hall–Kier alpha value is -4.04. The topological polar surface area (TPSA) is 152 Å². The Morgan fingerprint density at radius 3 is 2.56 bits per heavy atom.